The van der Waals surface area contributed by atoms with Crippen molar-refractivity contribution in [2.75, 3.05) is 5.32 Å². The van der Waals surface area contributed by atoms with Gasteiger partial charge in [0.25, 0.3) is 0 Å². The van der Waals surface area contributed by atoms with Crippen molar-refractivity contribution >= 4 is 61.7 Å². The minimum atomic E-state index is -0.279. The van der Waals surface area contributed by atoms with Crippen molar-refractivity contribution in [3.63, 3.8) is 0 Å². The molecule has 0 aliphatic heterocycles. The summed E-state index contributed by atoms with van der Waals surface area (Å²) in [5, 5.41) is 8.17. The van der Waals surface area contributed by atoms with Gasteiger partial charge in [-0.05, 0) is 75.2 Å². The summed E-state index contributed by atoms with van der Waals surface area (Å²) in [4.78, 5) is 12.2. The highest BCUT2D eigenvalue weighted by atomic mass is 79.9. The highest BCUT2D eigenvalue weighted by molar-refractivity contribution is 9.10. The van der Waals surface area contributed by atoms with Crippen LogP contribution < -0.4 is 10.6 Å². The Morgan fingerprint density at radius 2 is 1.85 bits per heavy atom. The van der Waals surface area contributed by atoms with E-state index < -0.39 is 0 Å². The molecule has 0 aliphatic carbocycles. The monoisotopic (exact) mass is 424 g/mol. The van der Waals surface area contributed by atoms with Gasteiger partial charge in [-0.1, -0.05) is 48.5 Å². The second-order valence-corrected chi connectivity index (χ2v) is 7.09. The van der Waals surface area contributed by atoms with E-state index in [1.54, 1.807) is 6.08 Å². The Bertz CT molecular complexity index is 1010. The van der Waals surface area contributed by atoms with E-state index in [1.807, 2.05) is 67.6 Å². The molecule has 0 atom stereocenters. The Labute approximate surface area is 166 Å². The second-order valence-electron chi connectivity index (χ2n) is 5.83. The third kappa shape index (κ3) is 4.56. The number of rotatable bonds is 3. The fourth-order valence-corrected chi connectivity index (χ4v) is 3.39. The first-order valence-electron chi connectivity index (χ1n) is 8.07. The first kappa shape index (κ1) is 18.3. The van der Waals surface area contributed by atoms with E-state index in [0.29, 0.717) is 0 Å². The number of carbonyl (C=O) groups excluding carboxylic acids is 1. The Balaban J connectivity index is 1.66. The number of amides is 1. The van der Waals surface area contributed by atoms with Gasteiger partial charge in [0.05, 0.1) is 5.69 Å². The molecule has 3 aromatic rings. The van der Waals surface area contributed by atoms with Crippen LogP contribution in [0.1, 0.15) is 11.1 Å². The third-order valence-electron chi connectivity index (χ3n) is 3.85. The van der Waals surface area contributed by atoms with Crippen LogP contribution in [0.3, 0.4) is 0 Å². The molecule has 26 heavy (non-hydrogen) atoms. The summed E-state index contributed by atoms with van der Waals surface area (Å²) < 4.78 is 0.889. The number of fused-ring (bicyclic) bond motifs is 1. The van der Waals surface area contributed by atoms with Crippen LogP contribution in [0.15, 0.2) is 71.2 Å². The van der Waals surface area contributed by atoms with Gasteiger partial charge in [0.15, 0.2) is 5.11 Å². The van der Waals surface area contributed by atoms with Crippen LogP contribution >= 0.6 is 28.1 Å². The smallest absolute Gasteiger partial charge is 0.250 e. The molecule has 3 nitrogen and oxygen atoms in total. The predicted molar refractivity (Wildman–Crippen MR) is 116 cm³/mol. The number of hydrogen-bond donors (Lipinski definition) is 2. The fraction of sp³-hybridized carbons (Fsp3) is 0.0476. The van der Waals surface area contributed by atoms with Crippen molar-refractivity contribution in [1.82, 2.24) is 5.32 Å². The van der Waals surface area contributed by atoms with E-state index in [-0.39, 0.29) is 11.0 Å². The quantitative estimate of drug-likeness (QED) is 0.434. The van der Waals surface area contributed by atoms with E-state index in [0.717, 1.165) is 32.1 Å². The maximum atomic E-state index is 12.2. The maximum absolute atomic E-state index is 12.2. The lowest BCUT2D eigenvalue weighted by Crippen LogP contribution is -2.32. The Morgan fingerprint density at radius 3 is 2.65 bits per heavy atom. The molecule has 3 rings (SSSR count). The van der Waals surface area contributed by atoms with Crippen LogP contribution in [0.5, 0.6) is 0 Å². The first-order valence-corrected chi connectivity index (χ1v) is 9.27. The van der Waals surface area contributed by atoms with Crippen molar-refractivity contribution in [3.05, 3.63) is 82.3 Å². The Morgan fingerprint density at radius 1 is 1.08 bits per heavy atom. The van der Waals surface area contributed by atoms with Gasteiger partial charge in [0.2, 0.25) is 5.91 Å². The first-order chi connectivity index (χ1) is 12.5. The molecule has 3 aromatic carbocycles. The lowest BCUT2D eigenvalue weighted by Gasteiger charge is -2.10. The number of aryl methyl sites for hydroxylation is 1. The number of halogens is 1. The van der Waals surface area contributed by atoms with Crippen molar-refractivity contribution in [1.29, 1.82) is 0 Å². The average molecular weight is 425 g/mol. The van der Waals surface area contributed by atoms with Gasteiger partial charge in [0, 0.05) is 10.5 Å². The molecule has 0 aliphatic rings. The molecular formula is C21H17BrN2OS. The topological polar surface area (TPSA) is 41.1 Å². The highest BCUT2D eigenvalue weighted by Gasteiger charge is 2.05. The van der Waals surface area contributed by atoms with Gasteiger partial charge in [-0.3, -0.25) is 10.1 Å². The molecule has 1 amide bonds. The van der Waals surface area contributed by atoms with E-state index in [9.17, 15) is 4.79 Å². The number of nitrogens with one attached hydrogen (secondary N) is 2. The van der Waals surface area contributed by atoms with Crippen LogP contribution in [-0.2, 0) is 4.79 Å². The van der Waals surface area contributed by atoms with Crippen molar-refractivity contribution in [3.8, 4) is 0 Å². The SMILES string of the molecule is Cc1ccc(NC(=S)NC(=O)/C=C/c2cccc3ccccc23)c(Br)c1. The number of hydrogen-bond acceptors (Lipinski definition) is 2. The molecule has 0 bridgehead atoms. The molecule has 0 heterocycles. The van der Waals surface area contributed by atoms with E-state index in [2.05, 4.69) is 26.6 Å². The zero-order valence-electron chi connectivity index (χ0n) is 14.1. The molecule has 0 aromatic heterocycles. The van der Waals surface area contributed by atoms with Crippen molar-refractivity contribution in [2.45, 2.75) is 6.92 Å². The summed E-state index contributed by atoms with van der Waals surface area (Å²) in [6, 6.07) is 19.9. The van der Waals surface area contributed by atoms with Crippen LogP contribution in [0.25, 0.3) is 16.8 Å². The number of thiocarbonyl (C=S) groups is 1. The number of benzene rings is 3. The molecule has 0 saturated carbocycles. The molecule has 5 heteroatoms. The maximum Gasteiger partial charge on any atom is 0.250 e. The molecule has 0 radical (unpaired) electrons. The van der Waals surface area contributed by atoms with E-state index in [4.69, 9.17) is 12.2 Å². The minimum Gasteiger partial charge on any atom is -0.331 e. The average Bonchev–Trinajstić information content (AvgIpc) is 2.62. The zero-order chi connectivity index (χ0) is 18.5. The lowest BCUT2D eigenvalue weighted by molar-refractivity contribution is -0.115. The van der Waals surface area contributed by atoms with Gasteiger partial charge < -0.3 is 5.32 Å². The summed E-state index contributed by atoms with van der Waals surface area (Å²) in [6.07, 6.45) is 3.28. The zero-order valence-corrected chi connectivity index (χ0v) is 16.5. The van der Waals surface area contributed by atoms with Crippen molar-refractivity contribution < 1.29 is 4.79 Å². The van der Waals surface area contributed by atoms with Gasteiger partial charge in [-0.2, -0.15) is 0 Å². The normalized spacial score (nSPS) is 10.8. The predicted octanol–water partition coefficient (Wildman–Crippen LogP) is 5.44. The minimum absolute atomic E-state index is 0.252. The van der Waals surface area contributed by atoms with Gasteiger partial charge >= 0.3 is 0 Å². The summed E-state index contributed by atoms with van der Waals surface area (Å²) in [5.41, 5.74) is 2.92. The molecule has 130 valence electrons. The summed E-state index contributed by atoms with van der Waals surface area (Å²) in [6.45, 7) is 2.01. The van der Waals surface area contributed by atoms with Gasteiger partial charge in [0.1, 0.15) is 0 Å². The summed E-state index contributed by atoms with van der Waals surface area (Å²) >= 11 is 8.69. The Kier molecular flexibility index (Phi) is 5.81. The summed E-state index contributed by atoms with van der Waals surface area (Å²) in [7, 11) is 0. The largest absolute Gasteiger partial charge is 0.331 e. The van der Waals surface area contributed by atoms with E-state index in [1.165, 1.54) is 6.08 Å². The molecular weight excluding hydrogens is 408 g/mol. The van der Waals surface area contributed by atoms with Crippen molar-refractivity contribution in [2.24, 2.45) is 0 Å². The lowest BCUT2D eigenvalue weighted by atomic mass is 10.0. The van der Waals surface area contributed by atoms with Gasteiger partial charge in [-0.15, -0.1) is 0 Å². The second kappa shape index (κ2) is 8.25. The molecule has 2 N–H and O–H groups in total. The van der Waals surface area contributed by atoms with Crippen LogP contribution in [-0.4, -0.2) is 11.0 Å². The highest BCUT2D eigenvalue weighted by Crippen LogP contribution is 2.23. The van der Waals surface area contributed by atoms with Gasteiger partial charge in [-0.25, -0.2) is 0 Å². The molecule has 0 fully saturated rings. The molecule has 0 spiro atoms. The number of carbonyl (C=O) groups is 1. The van der Waals surface area contributed by atoms with E-state index >= 15 is 0 Å². The molecule has 0 unspecified atom stereocenters. The third-order valence-corrected chi connectivity index (χ3v) is 4.71. The van der Waals surface area contributed by atoms with Crippen LogP contribution in [0.4, 0.5) is 5.69 Å². The molecule has 0 saturated heterocycles. The standard InChI is InChI=1S/C21H17BrN2OS/c1-14-9-11-19(18(22)13-14)23-21(26)24-20(25)12-10-16-7-4-6-15-5-2-3-8-17(15)16/h2-13H,1H3,(H2,23,24,25,26)/b12-10+. The van der Waals surface area contributed by atoms with Crippen LogP contribution in [0.2, 0.25) is 0 Å². The Hall–Kier alpha value is -2.50. The number of anilines is 1. The summed E-state index contributed by atoms with van der Waals surface area (Å²) in [5.74, 6) is -0.279. The van der Waals surface area contributed by atoms with Crippen LogP contribution in [0, 0.1) is 6.92 Å². The fourth-order valence-electron chi connectivity index (χ4n) is 2.59.